The normalized spacial score (nSPS) is 10.8. The molecule has 0 aliphatic heterocycles. The molecule has 2 rings (SSSR count). The number of ether oxygens (including phenoxy) is 2. The Kier molecular flexibility index (Phi) is 6.57. The Labute approximate surface area is 155 Å². The summed E-state index contributed by atoms with van der Waals surface area (Å²) >= 11 is 5.94. The number of halogens is 1. The Morgan fingerprint density at radius 1 is 1.00 bits per heavy atom. The molecule has 2 aromatic carbocycles. The number of hydrogen-bond donors (Lipinski definition) is 2. The number of amides is 2. The molecule has 136 valence electrons. The van der Waals surface area contributed by atoms with Gasteiger partial charge in [0, 0.05) is 5.56 Å². The highest BCUT2D eigenvalue weighted by atomic mass is 35.5. The molecule has 0 radical (unpaired) electrons. The molecule has 2 N–H and O–H groups in total. The highest BCUT2D eigenvalue weighted by Crippen LogP contribution is 2.27. The van der Waals surface area contributed by atoms with Crippen LogP contribution < -0.4 is 20.2 Å². The maximum Gasteiger partial charge on any atom is 0.329 e. The summed E-state index contributed by atoms with van der Waals surface area (Å²) in [5.41, 5.74) is 3.74. The Morgan fingerprint density at radius 3 is 2.35 bits per heavy atom. The molecule has 8 heteroatoms. The van der Waals surface area contributed by atoms with Crippen LogP contribution in [-0.4, -0.2) is 31.7 Å². The molecule has 2 amide bonds. The summed E-state index contributed by atoms with van der Waals surface area (Å²) in [6.45, 7) is 1.69. The van der Waals surface area contributed by atoms with Gasteiger partial charge in [-0.3, -0.25) is 9.59 Å². The minimum Gasteiger partial charge on any atom is -0.493 e. The number of para-hydroxylation sites is 1. The van der Waals surface area contributed by atoms with Crippen LogP contribution in [0.4, 0.5) is 5.69 Å². The minimum absolute atomic E-state index is 0.332. The molecule has 0 atom stereocenters. The summed E-state index contributed by atoms with van der Waals surface area (Å²) in [7, 11) is 3.06. The molecule has 2 aromatic rings. The highest BCUT2D eigenvalue weighted by Gasteiger charge is 2.15. The van der Waals surface area contributed by atoms with Gasteiger partial charge in [0.15, 0.2) is 11.5 Å². The monoisotopic (exact) mass is 375 g/mol. The third-order valence-electron chi connectivity index (χ3n) is 3.45. The van der Waals surface area contributed by atoms with Crippen LogP contribution in [0.1, 0.15) is 12.5 Å². The van der Waals surface area contributed by atoms with E-state index in [1.165, 1.54) is 14.2 Å². The number of benzene rings is 2. The van der Waals surface area contributed by atoms with E-state index >= 15 is 0 Å². The smallest absolute Gasteiger partial charge is 0.329 e. The van der Waals surface area contributed by atoms with Crippen molar-refractivity contribution in [1.29, 1.82) is 0 Å². The van der Waals surface area contributed by atoms with Gasteiger partial charge in [0.05, 0.1) is 30.6 Å². The molecule has 0 aliphatic rings. The molecular weight excluding hydrogens is 358 g/mol. The van der Waals surface area contributed by atoms with E-state index < -0.39 is 11.8 Å². The predicted octanol–water partition coefficient (Wildman–Crippen LogP) is 2.84. The number of methoxy groups -OCH3 is 2. The quantitative estimate of drug-likeness (QED) is 0.477. The number of nitrogens with one attached hydrogen (secondary N) is 2. The zero-order chi connectivity index (χ0) is 19.1. The first-order chi connectivity index (χ1) is 12.5. The van der Waals surface area contributed by atoms with Crippen LogP contribution >= 0.6 is 11.6 Å². The molecule has 7 nitrogen and oxygen atoms in total. The van der Waals surface area contributed by atoms with Crippen LogP contribution in [0, 0.1) is 0 Å². The highest BCUT2D eigenvalue weighted by molar-refractivity contribution is 6.41. The second-order valence-corrected chi connectivity index (χ2v) is 5.55. The maximum atomic E-state index is 11.9. The van der Waals surface area contributed by atoms with Gasteiger partial charge in [-0.2, -0.15) is 5.10 Å². The van der Waals surface area contributed by atoms with Crippen molar-refractivity contribution in [3.05, 3.63) is 53.1 Å². The number of nitrogens with zero attached hydrogens (tertiary/aromatic N) is 1. The van der Waals surface area contributed by atoms with Gasteiger partial charge >= 0.3 is 11.8 Å². The van der Waals surface area contributed by atoms with E-state index in [2.05, 4.69) is 15.8 Å². The molecule has 0 aromatic heterocycles. The Bertz CT molecular complexity index is 852. The lowest BCUT2D eigenvalue weighted by Crippen LogP contribution is -2.33. The van der Waals surface area contributed by atoms with Crippen LogP contribution in [-0.2, 0) is 9.59 Å². The van der Waals surface area contributed by atoms with Crippen molar-refractivity contribution in [3.63, 3.8) is 0 Å². The van der Waals surface area contributed by atoms with Gasteiger partial charge in [-0.05, 0) is 37.3 Å². The molecule has 26 heavy (non-hydrogen) atoms. The van der Waals surface area contributed by atoms with Crippen LogP contribution in [0.3, 0.4) is 0 Å². The van der Waals surface area contributed by atoms with Gasteiger partial charge in [-0.15, -0.1) is 0 Å². The number of hydrogen-bond acceptors (Lipinski definition) is 5. The van der Waals surface area contributed by atoms with Crippen molar-refractivity contribution >= 4 is 34.8 Å². The standard InChI is InChI=1S/C18H18ClN3O4/c1-11(12-8-9-15(25-2)16(10-12)26-3)21-22-18(24)17(23)20-14-7-5-4-6-13(14)19/h4-10H,1-3H3,(H,20,23)(H,22,24)/b21-11+. The predicted molar refractivity (Wildman–Crippen MR) is 100.0 cm³/mol. The second-order valence-electron chi connectivity index (χ2n) is 5.14. The number of rotatable bonds is 5. The summed E-state index contributed by atoms with van der Waals surface area (Å²) in [4.78, 5) is 23.8. The second kappa shape index (κ2) is 8.87. The van der Waals surface area contributed by atoms with E-state index in [-0.39, 0.29) is 0 Å². The molecular formula is C18H18ClN3O4. The lowest BCUT2D eigenvalue weighted by atomic mass is 10.1. The Hall–Kier alpha value is -3.06. The Balaban J connectivity index is 2.05. The average Bonchev–Trinajstić information content (AvgIpc) is 2.66. The van der Waals surface area contributed by atoms with E-state index in [9.17, 15) is 9.59 Å². The Morgan fingerprint density at radius 2 is 1.69 bits per heavy atom. The number of hydrazone groups is 1. The fraction of sp³-hybridized carbons (Fsp3) is 0.167. The van der Waals surface area contributed by atoms with E-state index in [4.69, 9.17) is 21.1 Å². The summed E-state index contributed by atoms with van der Waals surface area (Å²) in [6.07, 6.45) is 0. The van der Waals surface area contributed by atoms with E-state index in [1.54, 1.807) is 49.4 Å². The fourth-order valence-electron chi connectivity index (χ4n) is 2.05. The van der Waals surface area contributed by atoms with Crippen molar-refractivity contribution in [2.75, 3.05) is 19.5 Å². The van der Waals surface area contributed by atoms with Crippen LogP contribution in [0.25, 0.3) is 0 Å². The SMILES string of the molecule is COc1ccc(/C(C)=N/NC(=O)C(=O)Nc2ccccc2Cl)cc1OC. The topological polar surface area (TPSA) is 89.0 Å². The molecule has 0 aliphatic carbocycles. The lowest BCUT2D eigenvalue weighted by molar-refractivity contribution is -0.136. The molecule has 0 spiro atoms. The number of carbonyl (C=O) groups is 2. The van der Waals surface area contributed by atoms with Gasteiger partial charge in [-0.1, -0.05) is 23.7 Å². The van der Waals surface area contributed by atoms with Crippen molar-refractivity contribution in [1.82, 2.24) is 5.43 Å². The third kappa shape index (κ3) is 4.73. The summed E-state index contributed by atoms with van der Waals surface area (Å²) in [5.74, 6) is -0.679. The minimum atomic E-state index is -0.912. The fourth-order valence-corrected chi connectivity index (χ4v) is 2.24. The zero-order valence-corrected chi connectivity index (χ0v) is 15.3. The van der Waals surface area contributed by atoms with E-state index in [0.717, 1.165) is 0 Å². The first-order valence-electron chi connectivity index (χ1n) is 7.58. The van der Waals surface area contributed by atoms with Gasteiger partial charge in [0.1, 0.15) is 0 Å². The zero-order valence-electron chi connectivity index (χ0n) is 14.5. The van der Waals surface area contributed by atoms with Crippen molar-refractivity contribution in [2.45, 2.75) is 6.92 Å². The van der Waals surface area contributed by atoms with Crippen LogP contribution in [0.15, 0.2) is 47.6 Å². The molecule has 0 unspecified atom stereocenters. The largest absolute Gasteiger partial charge is 0.493 e. The summed E-state index contributed by atoms with van der Waals surface area (Å²) in [6, 6.07) is 11.8. The lowest BCUT2D eigenvalue weighted by Gasteiger charge is -2.09. The summed E-state index contributed by atoms with van der Waals surface area (Å²) < 4.78 is 10.4. The first-order valence-corrected chi connectivity index (χ1v) is 7.96. The van der Waals surface area contributed by atoms with E-state index in [0.29, 0.717) is 33.5 Å². The van der Waals surface area contributed by atoms with Crippen molar-refractivity contribution in [2.24, 2.45) is 5.10 Å². The molecule has 0 saturated heterocycles. The number of anilines is 1. The van der Waals surface area contributed by atoms with Gasteiger partial charge in [0.2, 0.25) is 0 Å². The van der Waals surface area contributed by atoms with Crippen molar-refractivity contribution < 1.29 is 19.1 Å². The van der Waals surface area contributed by atoms with Crippen LogP contribution in [0.5, 0.6) is 11.5 Å². The number of carbonyl (C=O) groups excluding carboxylic acids is 2. The third-order valence-corrected chi connectivity index (χ3v) is 3.78. The van der Waals surface area contributed by atoms with Gasteiger partial charge in [0.25, 0.3) is 0 Å². The van der Waals surface area contributed by atoms with E-state index in [1.807, 2.05) is 0 Å². The molecule has 0 fully saturated rings. The van der Waals surface area contributed by atoms with Crippen LogP contribution in [0.2, 0.25) is 5.02 Å². The van der Waals surface area contributed by atoms with Gasteiger partial charge < -0.3 is 14.8 Å². The maximum absolute atomic E-state index is 11.9. The molecule has 0 saturated carbocycles. The van der Waals surface area contributed by atoms with Gasteiger partial charge in [-0.25, -0.2) is 5.43 Å². The summed E-state index contributed by atoms with van der Waals surface area (Å²) in [5, 5.41) is 6.69. The van der Waals surface area contributed by atoms with Crippen molar-refractivity contribution in [3.8, 4) is 11.5 Å². The average molecular weight is 376 g/mol. The molecule has 0 heterocycles. The first kappa shape index (κ1) is 19.3. The molecule has 0 bridgehead atoms.